The molecule has 1 aromatic heterocycles. The SMILES string of the molecule is Cl.O=C(c1cccc(OCC(F)(F)F)n1)N1CCNCC1. The standard InChI is InChI=1S/C12H14F3N3O2.ClH/c13-12(14,15)8-20-10-3-1-2-9(17-10)11(19)18-6-4-16-5-7-18;/h1-3,16H,4-8H2;1H. The Labute approximate surface area is 125 Å². The third-order valence-corrected chi connectivity index (χ3v) is 2.73. The summed E-state index contributed by atoms with van der Waals surface area (Å²) in [6.45, 7) is 1.06. The largest absolute Gasteiger partial charge is 0.468 e. The first-order valence-corrected chi connectivity index (χ1v) is 6.12. The second kappa shape index (κ2) is 7.46. The van der Waals surface area contributed by atoms with Crippen molar-refractivity contribution in [1.82, 2.24) is 15.2 Å². The van der Waals surface area contributed by atoms with E-state index in [1.54, 1.807) is 4.90 Å². The maximum Gasteiger partial charge on any atom is 0.422 e. The predicted octanol–water partition coefficient (Wildman–Crippen LogP) is 1.49. The van der Waals surface area contributed by atoms with Gasteiger partial charge in [0.15, 0.2) is 6.61 Å². The fraction of sp³-hybridized carbons (Fsp3) is 0.500. The number of amides is 1. The molecule has 1 saturated heterocycles. The van der Waals surface area contributed by atoms with Gasteiger partial charge in [-0.25, -0.2) is 4.98 Å². The minimum absolute atomic E-state index is 0. The van der Waals surface area contributed by atoms with Crippen LogP contribution in [0.3, 0.4) is 0 Å². The van der Waals surface area contributed by atoms with E-state index in [4.69, 9.17) is 0 Å². The van der Waals surface area contributed by atoms with Crippen molar-refractivity contribution in [1.29, 1.82) is 0 Å². The van der Waals surface area contributed by atoms with E-state index in [-0.39, 0.29) is 29.9 Å². The van der Waals surface area contributed by atoms with Crippen molar-refractivity contribution in [3.63, 3.8) is 0 Å². The van der Waals surface area contributed by atoms with Gasteiger partial charge >= 0.3 is 6.18 Å². The number of hydrogen-bond acceptors (Lipinski definition) is 4. The molecule has 0 radical (unpaired) electrons. The van der Waals surface area contributed by atoms with E-state index in [0.717, 1.165) is 0 Å². The number of piperazine rings is 1. The Hall–Kier alpha value is -1.54. The lowest BCUT2D eigenvalue weighted by Crippen LogP contribution is -2.46. The molecule has 9 heteroatoms. The molecule has 0 atom stereocenters. The van der Waals surface area contributed by atoms with Gasteiger partial charge in [-0.2, -0.15) is 13.2 Å². The first kappa shape index (κ1) is 17.5. The van der Waals surface area contributed by atoms with Gasteiger partial charge in [0.2, 0.25) is 5.88 Å². The van der Waals surface area contributed by atoms with Crippen LogP contribution in [-0.2, 0) is 0 Å². The lowest BCUT2D eigenvalue weighted by molar-refractivity contribution is -0.154. The Kier molecular flexibility index (Phi) is 6.22. The number of carbonyl (C=O) groups excluding carboxylic acids is 1. The highest BCUT2D eigenvalue weighted by atomic mass is 35.5. The highest BCUT2D eigenvalue weighted by Crippen LogP contribution is 2.17. The maximum atomic E-state index is 12.1. The number of aromatic nitrogens is 1. The second-order valence-corrected chi connectivity index (χ2v) is 4.31. The van der Waals surface area contributed by atoms with Crippen molar-refractivity contribution < 1.29 is 22.7 Å². The number of nitrogens with one attached hydrogen (secondary N) is 1. The summed E-state index contributed by atoms with van der Waals surface area (Å²) in [5, 5.41) is 3.11. The zero-order chi connectivity index (χ0) is 14.6. The Morgan fingerprint density at radius 3 is 2.62 bits per heavy atom. The first-order valence-electron chi connectivity index (χ1n) is 6.12. The number of alkyl halides is 3. The molecule has 2 heterocycles. The lowest BCUT2D eigenvalue weighted by Gasteiger charge is -2.27. The molecule has 0 bridgehead atoms. The normalized spacial score (nSPS) is 15.3. The third-order valence-electron chi connectivity index (χ3n) is 2.73. The lowest BCUT2D eigenvalue weighted by atomic mass is 10.3. The molecule has 118 valence electrons. The summed E-state index contributed by atoms with van der Waals surface area (Å²) in [5.74, 6) is -0.507. The summed E-state index contributed by atoms with van der Waals surface area (Å²) in [6, 6.07) is 4.21. The monoisotopic (exact) mass is 325 g/mol. The van der Waals surface area contributed by atoms with E-state index in [0.29, 0.717) is 26.2 Å². The van der Waals surface area contributed by atoms with Crippen LogP contribution in [0.15, 0.2) is 18.2 Å². The zero-order valence-corrected chi connectivity index (χ0v) is 11.8. The third kappa shape index (κ3) is 5.39. The van der Waals surface area contributed by atoms with Gasteiger partial charge in [-0.15, -0.1) is 12.4 Å². The number of nitrogens with zero attached hydrogens (tertiary/aromatic N) is 2. The number of halogens is 4. The Bertz CT molecular complexity index is 479. The topological polar surface area (TPSA) is 54.5 Å². The van der Waals surface area contributed by atoms with Crippen molar-refractivity contribution >= 4 is 18.3 Å². The Morgan fingerprint density at radius 1 is 1.33 bits per heavy atom. The Balaban J connectivity index is 0.00000220. The van der Waals surface area contributed by atoms with Crippen LogP contribution in [0.4, 0.5) is 13.2 Å². The number of ether oxygens (including phenoxy) is 1. The molecule has 0 spiro atoms. The minimum Gasteiger partial charge on any atom is -0.468 e. The van der Waals surface area contributed by atoms with Crippen LogP contribution < -0.4 is 10.1 Å². The highest BCUT2D eigenvalue weighted by Gasteiger charge is 2.29. The van der Waals surface area contributed by atoms with E-state index in [1.807, 2.05) is 0 Å². The number of rotatable bonds is 3. The summed E-state index contributed by atoms with van der Waals surface area (Å²) in [7, 11) is 0. The van der Waals surface area contributed by atoms with Crippen LogP contribution >= 0.6 is 12.4 Å². The van der Waals surface area contributed by atoms with Gasteiger partial charge in [0, 0.05) is 32.2 Å². The Morgan fingerprint density at radius 2 is 2.00 bits per heavy atom. The smallest absolute Gasteiger partial charge is 0.422 e. The van der Waals surface area contributed by atoms with Crippen molar-refractivity contribution in [2.75, 3.05) is 32.8 Å². The minimum atomic E-state index is -4.43. The van der Waals surface area contributed by atoms with E-state index in [9.17, 15) is 18.0 Å². The number of pyridine rings is 1. The van der Waals surface area contributed by atoms with Gasteiger partial charge in [-0.1, -0.05) is 6.07 Å². The van der Waals surface area contributed by atoms with Crippen LogP contribution in [-0.4, -0.2) is 54.8 Å². The summed E-state index contributed by atoms with van der Waals surface area (Å²) in [4.78, 5) is 17.5. The van der Waals surface area contributed by atoms with Gasteiger partial charge in [0.05, 0.1) is 0 Å². The van der Waals surface area contributed by atoms with Gasteiger partial charge in [-0.3, -0.25) is 4.79 Å². The van der Waals surface area contributed by atoms with Crippen molar-refractivity contribution in [2.45, 2.75) is 6.18 Å². The maximum absolute atomic E-state index is 12.1. The van der Waals surface area contributed by atoms with Crippen molar-refractivity contribution in [3.05, 3.63) is 23.9 Å². The molecular formula is C12H15ClF3N3O2. The van der Waals surface area contributed by atoms with Crippen molar-refractivity contribution in [3.8, 4) is 5.88 Å². The van der Waals surface area contributed by atoms with E-state index in [2.05, 4.69) is 15.0 Å². The predicted molar refractivity (Wildman–Crippen MR) is 71.8 cm³/mol. The summed E-state index contributed by atoms with van der Waals surface area (Å²) in [6.07, 6.45) is -4.43. The average Bonchev–Trinajstić information content (AvgIpc) is 2.45. The van der Waals surface area contributed by atoms with Gasteiger partial charge in [0.1, 0.15) is 5.69 Å². The fourth-order valence-electron chi connectivity index (χ4n) is 1.80. The van der Waals surface area contributed by atoms with E-state index in [1.165, 1.54) is 18.2 Å². The number of hydrogen-bond donors (Lipinski definition) is 1. The van der Waals surface area contributed by atoms with Gasteiger partial charge < -0.3 is 15.0 Å². The first-order chi connectivity index (χ1) is 9.46. The van der Waals surface area contributed by atoms with Gasteiger partial charge in [0.25, 0.3) is 5.91 Å². The van der Waals surface area contributed by atoms with E-state index >= 15 is 0 Å². The quantitative estimate of drug-likeness (QED) is 0.915. The van der Waals surface area contributed by atoms with Crippen LogP contribution in [0.2, 0.25) is 0 Å². The molecule has 0 unspecified atom stereocenters. The molecule has 0 saturated carbocycles. The molecule has 1 aromatic rings. The molecule has 21 heavy (non-hydrogen) atoms. The molecule has 5 nitrogen and oxygen atoms in total. The molecule has 0 aliphatic carbocycles. The number of carbonyl (C=O) groups is 1. The molecule has 2 rings (SSSR count). The molecule has 1 aliphatic heterocycles. The molecule has 1 fully saturated rings. The molecule has 1 amide bonds. The highest BCUT2D eigenvalue weighted by molar-refractivity contribution is 5.92. The molecular weight excluding hydrogens is 311 g/mol. The van der Waals surface area contributed by atoms with Crippen LogP contribution in [0.1, 0.15) is 10.5 Å². The summed E-state index contributed by atoms with van der Waals surface area (Å²) in [5.41, 5.74) is 0.0894. The molecule has 1 aliphatic rings. The van der Waals surface area contributed by atoms with Crippen LogP contribution in [0.25, 0.3) is 0 Å². The second-order valence-electron chi connectivity index (χ2n) is 4.31. The van der Waals surface area contributed by atoms with Crippen molar-refractivity contribution in [2.24, 2.45) is 0 Å². The summed E-state index contributed by atoms with van der Waals surface area (Å²) < 4.78 is 40.7. The van der Waals surface area contributed by atoms with Crippen LogP contribution in [0.5, 0.6) is 5.88 Å². The van der Waals surface area contributed by atoms with Gasteiger partial charge in [-0.05, 0) is 6.07 Å². The zero-order valence-electron chi connectivity index (χ0n) is 11.0. The molecule has 0 aromatic carbocycles. The summed E-state index contributed by atoms with van der Waals surface area (Å²) >= 11 is 0. The molecule has 1 N–H and O–H groups in total. The van der Waals surface area contributed by atoms with Crippen LogP contribution in [0, 0.1) is 0 Å². The average molecular weight is 326 g/mol. The fourth-order valence-corrected chi connectivity index (χ4v) is 1.80. The van der Waals surface area contributed by atoms with E-state index < -0.39 is 12.8 Å².